The molecule has 0 spiro atoms. The Morgan fingerprint density at radius 1 is 1.13 bits per heavy atom. The van der Waals surface area contributed by atoms with Gasteiger partial charge in [0.1, 0.15) is 12.6 Å². The van der Waals surface area contributed by atoms with Crippen LogP contribution in [0.15, 0.2) is 59.9 Å². The predicted molar refractivity (Wildman–Crippen MR) is 92.3 cm³/mol. The molecule has 0 fully saturated rings. The minimum absolute atomic E-state index is 0.0728. The van der Waals surface area contributed by atoms with Crippen molar-refractivity contribution >= 4 is 28.5 Å². The monoisotopic (exact) mass is 325 g/mol. The lowest BCUT2D eigenvalue weighted by Gasteiger charge is -2.06. The zero-order chi connectivity index (χ0) is 15.6. The van der Waals surface area contributed by atoms with Crippen LogP contribution < -0.4 is 0 Å². The number of rotatable bonds is 4. The van der Waals surface area contributed by atoms with Crippen molar-refractivity contribution in [1.29, 1.82) is 0 Å². The van der Waals surface area contributed by atoms with Crippen LogP contribution >= 0.6 is 11.6 Å². The maximum atomic E-state index is 5.82. The number of imidazole rings is 1. The van der Waals surface area contributed by atoms with Crippen molar-refractivity contribution in [1.82, 2.24) is 9.55 Å². The molecule has 1 unspecified atom stereocenters. The van der Waals surface area contributed by atoms with Crippen LogP contribution in [0.25, 0.3) is 11.0 Å². The quantitative estimate of drug-likeness (QED) is 0.689. The van der Waals surface area contributed by atoms with Gasteiger partial charge in [-0.1, -0.05) is 24.3 Å². The maximum absolute atomic E-state index is 5.82. The molecular weight excluding hydrogens is 310 g/mol. The SMILES string of the molecule is ClCC1COC(c2ccc(Cn3cnc4ccccc43)cc2)=N1. The highest BCUT2D eigenvalue weighted by molar-refractivity contribution is 6.18. The molecule has 1 aliphatic rings. The Morgan fingerprint density at radius 3 is 2.74 bits per heavy atom. The molecule has 23 heavy (non-hydrogen) atoms. The molecule has 0 aliphatic carbocycles. The van der Waals surface area contributed by atoms with E-state index in [2.05, 4.69) is 32.7 Å². The number of alkyl halides is 1. The average molecular weight is 326 g/mol. The normalized spacial score (nSPS) is 17.3. The first-order chi connectivity index (χ1) is 11.3. The third kappa shape index (κ3) is 2.82. The van der Waals surface area contributed by atoms with E-state index in [9.17, 15) is 0 Å². The lowest BCUT2D eigenvalue weighted by atomic mass is 10.1. The molecular formula is C18H16ClN3O. The number of para-hydroxylation sites is 2. The van der Waals surface area contributed by atoms with E-state index in [-0.39, 0.29) is 6.04 Å². The second kappa shape index (κ2) is 6.05. The van der Waals surface area contributed by atoms with Crippen molar-refractivity contribution in [2.24, 2.45) is 4.99 Å². The summed E-state index contributed by atoms with van der Waals surface area (Å²) < 4.78 is 7.75. The highest BCUT2D eigenvalue weighted by Gasteiger charge is 2.18. The fourth-order valence-electron chi connectivity index (χ4n) is 2.74. The van der Waals surface area contributed by atoms with Crippen LogP contribution in [0.2, 0.25) is 0 Å². The van der Waals surface area contributed by atoms with E-state index in [4.69, 9.17) is 16.3 Å². The zero-order valence-corrected chi connectivity index (χ0v) is 13.3. The topological polar surface area (TPSA) is 39.4 Å². The third-order valence-electron chi connectivity index (χ3n) is 3.97. The first-order valence-electron chi connectivity index (χ1n) is 7.59. The van der Waals surface area contributed by atoms with Crippen molar-refractivity contribution in [3.05, 3.63) is 66.0 Å². The highest BCUT2D eigenvalue weighted by atomic mass is 35.5. The molecule has 1 atom stereocenters. The number of aromatic nitrogens is 2. The molecule has 2 heterocycles. The van der Waals surface area contributed by atoms with Crippen LogP contribution in [0.3, 0.4) is 0 Å². The number of fused-ring (bicyclic) bond motifs is 1. The minimum Gasteiger partial charge on any atom is -0.475 e. The average Bonchev–Trinajstić information content (AvgIpc) is 3.23. The van der Waals surface area contributed by atoms with E-state index < -0.39 is 0 Å². The van der Waals surface area contributed by atoms with Crippen LogP contribution in [-0.4, -0.2) is 34.0 Å². The summed E-state index contributed by atoms with van der Waals surface area (Å²) in [6.07, 6.45) is 1.88. The van der Waals surface area contributed by atoms with Gasteiger partial charge >= 0.3 is 0 Å². The molecule has 4 nitrogen and oxygen atoms in total. The Morgan fingerprint density at radius 2 is 1.96 bits per heavy atom. The second-order valence-electron chi connectivity index (χ2n) is 5.61. The van der Waals surface area contributed by atoms with Crippen LogP contribution in [-0.2, 0) is 11.3 Å². The molecule has 0 amide bonds. The van der Waals surface area contributed by atoms with Gasteiger partial charge < -0.3 is 9.30 Å². The molecule has 0 saturated carbocycles. The van der Waals surface area contributed by atoms with E-state index >= 15 is 0 Å². The Balaban J connectivity index is 1.55. The summed E-state index contributed by atoms with van der Waals surface area (Å²) in [6, 6.07) is 16.5. The number of hydrogen-bond donors (Lipinski definition) is 0. The van der Waals surface area contributed by atoms with E-state index in [0.717, 1.165) is 23.1 Å². The van der Waals surface area contributed by atoms with Gasteiger partial charge in [0.25, 0.3) is 0 Å². The van der Waals surface area contributed by atoms with Gasteiger partial charge in [-0.3, -0.25) is 0 Å². The van der Waals surface area contributed by atoms with Gasteiger partial charge in [0.15, 0.2) is 0 Å². The number of nitrogens with zero attached hydrogens (tertiary/aromatic N) is 3. The van der Waals surface area contributed by atoms with Crippen LogP contribution in [0.5, 0.6) is 0 Å². The van der Waals surface area contributed by atoms with Crippen molar-refractivity contribution < 1.29 is 4.74 Å². The standard InChI is InChI=1S/C18H16ClN3O/c19-9-15-11-23-18(21-15)14-7-5-13(6-8-14)10-22-12-20-16-3-1-2-4-17(16)22/h1-8,12,15H,9-11H2. The number of ether oxygens (including phenoxy) is 1. The largest absolute Gasteiger partial charge is 0.475 e. The Bertz CT molecular complexity index is 854. The molecule has 4 rings (SSSR count). The van der Waals surface area contributed by atoms with Crippen molar-refractivity contribution in [3.8, 4) is 0 Å². The number of halogens is 1. The van der Waals surface area contributed by atoms with Crippen molar-refractivity contribution in [2.75, 3.05) is 12.5 Å². The Kier molecular flexibility index (Phi) is 3.75. The van der Waals surface area contributed by atoms with E-state index in [1.807, 2.05) is 36.7 Å². The fourth-order valence-corrected chi connectivity index (χ4v) is 2.90. The number of aliphatic imine (C=N–C) groups is 1. The van der Waals surface area contributed by atoms with E-state index in [1.54, 1.807) is 0 Å². The molecule has 0 N–H and O–H groups in total. The lowest BCUT2D eigenvalue weighted by Crippen LogP contribution is -2.07. The van der Waals surface area contributed by atoms with E-state index in [0.29, 0.717) is 18.4 Å². The molecule has 1 aromatic heterocycles. The van der Waals surface area contributed by atoms with Gasteiger partial charge in [0.05, 0.1) is 17.4 Å². The van der Waals surface area contributed by atoms with Gasteiger partial charge in [-0.25, -0.2) is 9.98 Å². The molecule has 0 saturated heterocycles. The predicted octanol–water partition coefficient (Wildman–Crippen LogP) is 3.47. The summed E-state index contributed by atoms with van der Waals surface area (Å²) in [7, 11) is 0. The first-order valence-corrected chi connectivity index (χ1v) is 8.12. The van der Waals surface area contributed by atoms with Crippen molar-refractivity contribution in [3.63, 3.8) is 0 Å². The Labute approximate surface area is 139 Å². The summed E-state index contributed by atoms with van der Waals surface area (Å²) in [4.78, 5) is 8.89. The minimum atomic E-state index is 0.0728. The van der Waals surface area contributed by atoms with E-state index in [1.165, 1.54) is 5.56 Å². The molecule has 1 aliphatic heterocycles. The van der Waals surface area contributed by atoms with Crippen LogP contribution in [0.4, 0.5) is 0 Å². The van der Waals surface area contributed by atoms with Gasteiger partial charge in [-0.15, -0.1) is 11.6 Å². The van der Waals surface area contributed by atoms with Crippen LogP contribution in [0, 0.1) is 0 Å². The lowest BCUT2D eigenvalue weighted by molar-refractivity contribution is 0.325. The molecule has 0 radical (unpaired) electrons. The van der Waals surface area contributed by atoms with Gasteiger partial charge in [0.2, 0.25) is 5.90 Å². The van der Waals surface area contributed by atoms with Crippen LogP contribution in [0.1, 0.15) is 11.1 Å². The molecule has 2 aromatic carbocycles. The zero-order valence-electron chi connectivity index (χ0n) is 12.5. The fraction of sp³-hybridized carbons (Fsp3) is 0.222. The van der Waals surface area contributed by atoms with Crippen molar-refractivity contribution in [2.45, 2.75) is 12.6 Å². The highest BCUT2D eigenvalue weighted by Crippen LogP contribution is 2.17. The summed E-state index contributed by atoms with van der Waals surface area (Å²) in [5.41, 5.74) is 4.37. The van der Waals surface area contributed by atoms with Gasteiger partial charge in [-0.2, -0.15) is 0 Å². The number of benzene rings is 2. The third-order valence-corrected chi connectivity index (χ3v) is 4.33. The maximum Gasteiger partial charge on any atom is 0.216 e. The molecule has 3 aromatic rings. The van der Waals surface area contributed by atoms with Gasteiger partial charge in [-0.05, 0) is 29.8 Å². The summed E-state index contributed by atoms with van der Waals surface area (Å²) in [5.74, 6) is 1.19. The Hall–Kier alpha value is -2.33. The molecule has 116 valence electrons. The molecule has 5 heteroatoms. The summed E-state index contributed by atoms with van der Waals surface area (Å²) in [6.45, 7) is 1.36. The molecule has 0 bridgehead atoms. The number of hydrogen-bond acceptors (Lipinski definition) is 3. The van der Waals surface area contributed by atoms with Gasteiger partial charge in [0, 0.05) is 18.0 Å². The first kappa shape index (κ1) is 14.3. The summed E-state index contributed by atoms with van der Waals surface area (Å²) in [5, 5.41) is 0. The summed E-state index contributed by atoms with van der Waals surface area (Å²) >= 11 is 5.82. The second-order valence-corrected chi connectivity index (χ2v) is 5.92. The smallest absolute Gasteiger partial charge is 0.216 e.